The largest absolute Gasteiger partial charge is 0.494 e. The molecule has 33 heavy (non-hydrogen) atoms. The number of nitro groups is 1. The Bertz CT molecular complexity index is 1030. The van der Waals surface area contributed by atoms with E-state index in [9.17, 15) is 24.5 Å². The second-order valence-electron chi connectivity index (χ2n) is 7.23. The van der Waals surface area contributed by atoms with Gasteiger partial charge in [0.15, 0.2) is 6.61 Å². The lowest BCUT2D eigenvalue weighted by molar-refractivity contribution is -0.384. The molecule has 0 bridgehead atoms. The average Bonchev–Trinajstić information content (AvgIpc) is 2.77. The van der Waals surface area contributed by atoms with Crippen molar-refractivity contribution in [3.8, 4) is 5.75 Å². The van der Waals surface area contributed by atoms with Gasteiger partial charge in [-0.05, 0) is 49.2 Å². The van der Waals surface area contributed by atoms with Crippen LogP contribution >= 0.6 is 11.6 Å². The Hall–Kier alpha value is -3.66. The van der Waals surface area contributed by atoms with Gasteiger partial charge in [-0.25, -0.2) is 4.79 Å². The minimum atomic E-state index is -0.992. The summed E-state index contributed by atoms with van der Waals surface area (Å²) in [6.45, 7) is 5.14. The van der Waals surface area contributed by atoms with Crippen LogP contribution in [0.25, 0.3) is 0 Å². The summed E-state index contributed by atoms with van der Waals surface area (Å²) in [4.78, 5) is 47.4. The number of rotatable bonds is 10. The van der Waals surface area contributed by atoms with Gasteiger partial charge in [-0.2, -0.15) is 0 Å². The molecule has 1 atom stereocenters. The zero-order valence-corrected chi connectivity index (χ0v) is 19.0. The van der Waals surface area contributed by atoms with Crippen molar-refractivity contribution in [2.75, 3.05) is 18.5 Å². The Labute approximate surface area is 195 Å². The number of carbonyl (C=O) groups excluding carboxylic acids is 3. The topological polar surface area (TPSA) is 137 Å². The van der Waals surface area contributed by atoms with Crippen LogP contribution in [0.15, 0.2) is 42.5 Å². The van der Waals surface area contributed by atoms with Gasteiger partial charge in [0.25, 0.3) is 17.5 Å². The van der Waals surface area contributed by atoms with E-state index < -0.39 is 35.4 Å². The lowest BCUT2D eigenvalue weighted by Crippen LogP contribution is -2.45. The third-order valence-electron chi connectivity index (χ3n) is 4.41. The molecule has 2 N–H and O–H groups in total. The molecule has 2 rings (SSSR count). The number of anilines is 1. The number of amides is 2. The van der Waals surface area contributed by atoms with E-state index in [4.69, 9.17) is 21.1 Å². The van der Waals surface area contributed by atoms with Gasteiger partial charge in [-0.1, -0.05) is 25.4 Å². The van der Waals surface area contributed by atoms with E-state index in [-0.39, 0.29) is 22.3 Å². The number of esters is 1. The molecular formula is C22H24ClN3O7. The quantitative estimate of drug-likeness (QED) is 0.303. The number of hydrogen-bond donors (Lipinski definition) is 2. The molecule has 10 nitrogen and oxygen atoms in total. The monoisotopic (exact) mass is 477 g/mol. The van der Waals surface area contributed by atoms with E-state index in [2.05, 4.69) is 10.6 Å². The van der Waals surface area contributed by atoms with E-state index in [0.29, 0.717) is 17.9 Å². The fraction of sp³-hybridized carbons (Fsp3) is 0.318. The van der Waals surface area contributed by atoms with Crippen LogP contribution in [-0.2, 0) is 14.3 Å². The average molecular weight is 478 g/mol. The lowest BCUT2D eigenvalue weighted by atomic mass is 10.0. The van der Waals surface area contributed by atoms with Crippen LogP contribution in [0, 0.1) is 16.0 Å². The molecular weight excluding hydrogens is 454 g/mol. The van der Waals surface area contributed by atoms with Crippen LogP contribution in [0.5, 0.6) is 5.75 Å². The van der Waals surface area contributed by atoms with Gasteiger partial charge < -0.3 is 20.1 Å². The molecule has 0 aliphatic heterocycles. The Balaban J connectivity index is 1.95. The molecule has 11 heteroatoms. The molecule has 2 aromatic carbocycles. The molecule has 2 aromatic rings. The van der Waals surface area contributed by atoms with Gasteiger partial charge in [0.05, 0.1) is 11.5 Å². The van der Waals surface area contributed by atoms with Crippen molar-refractivity contribution in [2.24, 2.45) is 5.92 Å². The second-order valence-corrected chi connectivity index (χ2v) is 7.64. The summed E-state index contributed by atoms with van der Waals surface area (Å²) in [5.74, 6) is -1.68. The molecule has 176 valence electrons. The van der Waals surface area contributed by atoms with Crippen LogP contribution in [0.2, 0.25) is 5.02 Å². The third-order valence-corrected chi connectivity index (χ3v) is 4.73. The highest BCUT2D eigenvalue weighted by atomic mass is 35.5. The highest BCUT2D eigenvalue weighted by molar-refractivity contribution is 6.32. The van der Waals surface area contributed by atoms with Crippen LogP contribution in [-0.4, -0.2) is 42.0 Å². The van der Waals surface area contributed by atoms with Gasteiger partial charge in [-0.15, -0.1) is 0 Å². The number of nitrogens with zero attached hydrogens (tertiary/aromatic N) is 1. The minimum absolute atomic E-state index is 0.0764. The van der Waals surface area contributed by atoms with E-state index in [1.807, 2.05) is 6.92 Å². The van der Waals surface area contributed by atoms with Crippen LogP contribution in [0.3, 0.4) is 0 Å². The molecule has 0 aliphatic carbocycles. The normalized spacial score (nSPS) is 11.4. The van der Waals surface area contributed by atoms with Crippen molar-refractivity contribution in [1.82, 2.24) is 5.32 Å². The van der Waals surface area contributed by atoms with Crippen LogP contribution < -0.4 is 15.4 Å². The second kappa shape index (κ2) is 11.8. The standard InChI is InChI=1S/C22H24ClN3O7/c1-4-32-16-8-5-14(6-9-16)21(28)25-20(13(2)3)22(29)33-12-19(27)24-15-7-10-17(23)18(11-15)26(30)31/h5-11,13,20H,4,12H2,1-3H3,(H,24,27)(H,25,28)/t20-/m0/s1. The summed E-state index contributed by atoms with van der Waals surface area (Å²) in [5, 5.41) is 15.9. The number of carbonyl (C=O) groups is 3. The smallest absolute Gasteiger partial charge is 0.329 e. The molecule has 0 saturated heterocycles. The molecule has 0 fully saturated rings. The van der Waals surface area contributed by atoms with Crippen LogP contribution in [0.4, 0.5) is 11.4 Å². The molecule has 0 heterocycles. The minimum Gasteiger partial charge on any atom is -0.494 e. The Kier molecular flexibility index (Phi) is 9.17. The number of benzene rings is 2. The number of hydrogen-bond acceptors (Lipinski definition) is 7. The van der Waals surface area contributed by atoms with Crippen molar-refractivity contribution in [3.63, 3.8) is 0 Å². The zero-order chi connectivity index (χ0) is 24.5. The molecule has 2 amide bonds. The zero-order valence-electron chi connectivity index (χ0n) is 18.3. The summed E-state index contributed by atoms with van der Waals surface area (Å²) < 4.78 is 10.4. The van der Waals surface area contributed by atoms with Gasteiger partial charge in [0.2, 0.25) is 0 Å². The molecule has 0 saturated carbocycles. The highest BCUT2D eigenvalue weighted by Crippen LogP contribution is 2.27. The van der Waals surface area contributed by atoms with Crippen LogP contribution in [0.1, 0.15) is 31.1 Å². The summed E-state index contributed by atoms with van der Waals surface area (Å²) in [7, 11) is 0. The lowest BCUT2D eigenvalue weighted by Gasteiger charge is -2.21. The Morgan fingerprint density at radius 2 is 1.79 bits per heavy atom. The first-order chi connectivity index (χ1) is 15.6. The van der Waals surface area contributed by atoms with Crippen molar-refractivity contribution >= 4 is 40.8 Å². The SMILES string of the molecule is CCOc1ccc(C(=O)N[C@H](C(=O)OCC(=O)Nc2ccc(Cl)c([N+](=O)[O-])c2)C(C)C)cc1. The summed E-state index contributed by atoms with van der Waals surface area (Å²) >= 11 is 5.74. The Morgan fingerprint density at radius 1 is 1.12 bits per heavy atom. The van der Waals surface area contributed by atoms with Crippen molar-refractivity contribution in [2.45, 2.75) is 26.8 Å². The van der Waals surface area contributed by atoms with Crippen molar-refractivity contribution in [1.29, 1.82) is 0 Å². The maximum atomic E-state index is 12.5. The van der Waals surface area contributed by atoms with E-state index in [1.165, 1.54) is 12.1 Å². The summed E-state index contributed by atoms with van der Waals surface area (Å²) in [5.41, 5.74) is 0.0821. The Morgan fingerprint density at radius 3 is 2.36 bits per heavy atom. The molecule has 0 spiro atoms. The number of nitro benzene ring substituents is 1. The molecule has 0 aromatic heterocycles. The van der Waals surface area contributed by atoms with Gasteiger partial charge in [-0.3, -0.25) is 19.7 Å². The first-order valence-corrected chi connectivity index (χ1v) is 10.4. The highest BCUT2D eigenvalue weighted by Gasteiger charge is 2.27. The molecule has 0 aliphatic rings. The third kappa shape index (κ3) is 7.46. The summed E-state index contributed by atoms with van der Waals surface area (Å²) in [6, 6.07) is 9.18. The number of nitrogens with one attached hydrogen (secondary N) is 2. The van der Waals surface area contributed by atoms with Gasteiger partial charge in [0, 0.05) is 17.3 Å². The maximum Gasteiger partial charge on any atom is 0.329 e. The van der Waals surface area contributed by atoms with Gasteiger partial charge >= 0.3 is 5.97 Å². The first-order valence-electron chi connectivity index (χ1n) is 10.1. The first kappa shape index (κ1) is 25.6. The van der Waals surface area contributed by atoms with E-state index >= 15 is 0 Å². The predicted molar refractivity (Wildman–Crippen MR) is 121 cm³/mol. The van der Waals surface area contributed by atoms with E-state index in [1.54, 1.807) is 38.1 Å². The molecule has 0 unspecified atom stereocenters. The van der Waals surface area contributed by atoms with E-state index in [0.717, 1.165) is 6.07 Å². The number of ether oxygens (including phenoxy) is 2. The fourth-order valence-corrected chi connectivity index (χ4v) is 2.93. The van der Waals surface area contributed by atoms with Gasteiger partial charge in [0.1, 0.15) is 16.8 Å². The van der Waals surface area contributed by atoms with Crippen molar-refractivity contribution in [3.05, 3.63) is 63.2 Å². The maximum absolute atomic E-state index is 12.5. The molecule has 0 radical (unpaired) electrons. The number of halogens is 1. The van der Waals surface area contributed by atoms with Crippen molar-refractivity contribution < 1.29 is 28.8 Å². The fourth-order valence-electron chi connectivity index (χ4n) is 2.75. The summed E-state index contributed by atoms with van der Waals surface area (Å²) in [6.07, 6.45) is 0. The predicted octanol–water partition coefficient (Wildman–Crippen LogP) is 3.58.